The van der Waals surface area contributed by atoms with Crippen LogP contribution in [0.1, 0.15) is 22.0 Å². The van der Waals surface area contributed by atoms with Gasteiger partial charge in [-0.2, -0.15) is 4.31 Å². The Bertz CT molecular complexity index is 880. The van der Waals surface area contributed by atoms with E-state index >= 15 is 0 Å². The van der Waals surface area contributed by atoms with E-state index in [1.165, 1.54) is 29.6 Å². The molecule has 1 N–H and O–H groups in total. The zero-order valence-electron chi connectivity index (χ0n) is 13.4. The highest BCUT2D eigenvalue weighted by Gasteiger charge is 2.36. The molecule has 1 unspecified atom stereocenters. The minimum Gasteiger partial charge on any atom is -0.465 e. The highest BCUT2D eigenvalue weighted by molar-refractivity contribution is 7.89. The molecule has 0 amide bonds. The van der Waals surface area contributed by atoms with E-state index in [0.717, 1.165) is 12.3 Å². The number of carbonyl (C=O) groups excluding carboxylic acids is 1. The van der Waals surface area contributed by atoms with Crippen LogP contribution in [0, 0.1) is 5.82 Å². The van der Waals surface area contributed by atoms with Gasteiger partial charge < -0.3 is 14.5 Å². The lowest BCUT2D eigenvalue weighted by Gasteiger charge is -2.34. The van der Waals surface area contributed by atoms with Crippen LogP contribution < -0.4 is 5.32 Å². The number of carbonyl (C=O) groups is 1. The Morgan fingerprint density at radius 1 is 1.40 bits per heavy atom. The van der Waals surface area contributed by atoms with E-state index in [0.29, 0.717) is 18.7 Å². The van der Waals surface area contributed by atoms with Gasteiger partial charge in [-0.1, -0.05) is 12.1 Å². The average Bonchev–Trinajstić information content (AvgIpc) is 3.12. The van der Waals surface area contributed by atoms with Gasteiger partial charge in [0.05, 0.1) is 18.7 Å². The van der Waals surface area contributed by atoms with Crippen LogP contribution in [-0.4, -0.2) is 45.4 Å². The fourth-order valence-electron chi connectivity index (χ4n) is 2.76. The number of sulfonamides is 1. The molecule has 0 aliphatic carbocycles. The molecule has 7 nitrogen and oxygen atoms in total. The third-order valence-electron chi connectivity index (χ3n) is 3.99. The summed E-state index contributed by atoms with van der Waals surface area (Å²) in [5.41, 5.74) is 0.550. The molecular weight excluding hydrogens is 351 g/mol. The molecule has 0 bridgehead atoms. The second-order valence-electron chi connectivity index (χ2n) is 5.54. The van der Waals surface area contributed by atoms with Gasteiger partial charge in [-0.25, -0.2) is 17.6 Å². The largest absolute Gasteiger partial charge is 0.465 e. The van der Waals surface area contributed by atoms with Crippen molar-refractivity contribution in [3.8, 4) is 0 Å². The van der Waals surface area contributed by atoms with E-state index in [9.17, 15) is 17.6 Å². The summed E-state index contributed by atoms with van der Waals surface area (Å²) >= 11 is 0. The van der Waals surface area contributed by atoms with E-state index in [1.54, 1.807) is 6.07 Å². The van der Waals surface area contributed by atoms with Crippen LogP contribution in [0.25, 0.3) is 0 Å². The van der Waals surface area contributed by atoms with Crippen LogP contribution in [0.5, 0.6) is 0 Å². The first-order chi connectivity index (χ1) is 11.9. The minimum absolute atomic E-state index is 0.0125. The number of nitrogens with one attached hydrogen (secondary N) is 1. The summed E-state index contributed by atoms with van der Waals surface area (Å²) in [4.78, 5) is 11.5. The second-order valence-corrected chi connectivity index (χ2v) is 7.36. The average molecular weight is 368 g/mol. The maximum absolute atomic E-state index is 13.5. The van der Waals surface area contributed by atoms with Crippen LogP contribution in [0.15, 0.2) is 46.1 Å². The fraction of sp³-hybridized carbons (Fsp3) is 0.312. The Morgan fingerprint density at radius 2 is 2.20 bits per heavy atom. The Labute approximate surface area is 144 Å². The molecule has 1 saturated heterocycles. The molecule has 1 fully saturated rings. The molecule has 134 valence electrons. The predicted octanol–water partition coefficient (Wildman–Crippen LogP) is 1.54. The first-order valence-corrected chi connectivity index (χ1v) is 9.02. The molecule has 9 heteroatoms. The number of hydrogen-bond donors (Lipinski definition) is 1. The summed E-state index contributed by atoms with van der Waals surface area (Å²) in [5.74, 6) is -1.13. The number of nitrogens with zero attached hydrogens (tertiary/aromatic N) is 1. The lowest BCUT2D eigenvalue weighted by molar-refractivity contribution is 0.0600. The zero-order chi connectivity index (χ0) is 18.0. The van der Waals surface area contributed by atoms with Gasteiger partial charge in [0, 0.05) is 25.7 Å². The third-order valence-corrected chi connectivity index (χ3v) is 5.76. The number of methoxy groups -OCH3 is 1. The van der Waals surface area contributed by atoms with Gasteiger partial charge in [0.1, 0.15) is 12.1 Å². The summed E-state index contributed by atoms with van der Waals surface area (Å²) < 4.78 is 50.3. The third kappa shape index (κ3) is 3.44. The number of rotatable bonds is 4. The quantitative estimate of drug-likeness (QED) is 0.824. The van der Waals surface area contributed by atoms with E-state index in [-0.39, 0.29) is 17.2 Å². The Kier molecular flexibility index (Phi) is 4.89. The molecule has 2 aromatic rings. The second kappa shape index (κ2) is 6.95. The molecular formula is C16H17FN2O5S. The number of benzene rings is 1. The molecule has 0 spiro atoms. The van der Waals surface area contributed by atoms with Crippen molar-refractivity contribution in [2.45, 2.75) is 11.1 Å². The van der Waals surface area contributed by atoms with Gasteiger partial charge >= 0.3 is 5.97 Å². The summed E-state index contributed by atoms with van der Waals surface area (Å²) in [5, 5.41) is 2.75. The van der Waals surface area contributed by atoms with Crippen molar-refractivity contribution in [2.24, 2.45) is 0 Å². The van der Waals surface area contributed by atoms with Gasteiger partial charge in [0.2, 0.25) is 5.09 Å². The van der Waals surface area contributed by atoms with Crippen molar-refractivity contribution in [1.29, 1.82) is 0 Å². The zero-order valence-corrected chi connectivity index (χ0v) is 14.3. The molecule has 0 saturated carbocycles. The van der Waals surface area contributed by atoms with E-state index < -0.39 is 27.9 Å². The topological polar surface area (TPSA) is 88.8 Å². The van der Waals surface area contributed by atoms with Crippen molar-refractivity contribution >= 4 is 16.0 Å². The number of halogens is 1. The number of hydrogen-bond acceptors (Lipinski definition) is 6. The lowest BCUT2D eigenvalue weighted by Crippen LogP contribution is -2.48. The molecule has 1 aromatic carbocycles. The first-order valence-electron chi connectivity index (χ1n) is 7.58. The molecule has 1 aliphatic heterocycles. The number of esters is 1. The van der Waals surface area contributed by atoms with Gasteiger partial charge in [-0.3, -0.25) is 0 Å². The monoisotopic (exact) mass is 368 g/mol. The number of furan rings is 1. The van der Waals surface area contributed by atoms with Crippen LogP contribution in [0.2, 0.25) is 0 Å². The van der Waals surface area contributed by atoms with E-state index in [4.69, 9.17) is 4.42 Å². The normalized spacial score (nSPS) is 18.9. The van der Waals surface area contributed by atoms with Gasteiger partial charge in [-0.05, 0) is 17.7 Å². The first kappa shape index (κ1) is 17.6. The molecule has 2 heterocycles. The molecule has 1 atom stereocenters. The van der Waals surface area contributed by atoms with Crippen LogP contribution in [-0.2, 0) is 14.8 Å². The van der Waals surface area contributed by atoms with Crippen molar-refractivity contribution in [3.63, 3.8) is 0 Å². The number of piperazine rings is 1. The maximum Gasteiger partial charge on any atom is 0.341 e. The van der Waals surface area contributed by atoms with Crippen molar-refractivity contribution in [1.82, 2.24) is 9.62 Å². The molecule has 1 aliphatic rings. The van der Waals surface area contributed by atoms with Crippen molar-refractivity contribution < 1.29 is 26.8 Å². The molecule has 3 rings (SSSR count). The Morgan fingerprint density at radius 3 is 2.92 bits per heavy atom. The Hall–Kier alpha value is -2.23. The highest BCUT2D eigenvalue weighted by Crippen LogP contribution is 2.30. The smallest absolute Gasteiger partial charge is 0.341 e. The molecule has 1 aromatic heterocycles. The Balaban J connectivity index is 1.96. The highest BCUT2D eigenvalue weighted by atomic mass is 32.2. The summed E-state index contributed by atoms with van der Waals surface area (Å²) in [6.07, 6.45) is 1.04. The van der Waals surface area contributed by atoms with Crippen LogP contribution in [0.4, 0.5) is 4.39 Å². The maximum atomic E-state index is 13.5. The van der Waals surface area contributed by atoms with Crippen LogP contribution >= 0.6 is 0 Å². The SMILES string of the molecule is COC(=O)c1coc(S(=O)(=O)N2CCNCC2c2cccc(F)c2)c1. The van der Waals surface area contributed by atoms with Crippen LogP contribution in [0.3, 0.4) is 0 Å². The summed E-state index contributed by atoms with van der Waals surface area (Å²) in [6, 6.07) is 6.36. The molecule has 25 heavy (non-hydrogen) atoms. The predicted molar refractivity (Wildman–Crippen MR) is 86.0 cm³/mol. The van der Waals surface area contributed by atoms with Crippen molar-refractivity contribution in [2.75, 3.05) is 26.7 Å². The van der Waals surface area contributed by atoms with Gasteiger partial charge in [0.15, 0.2) is 0 Å². The lowest BCUT2D eigenvalue weighted by atomic mass is 10.1. The summed E-state index contributed by atoms with van der Waals surface area (Å²) in [6.45, 7) is 0.987. The number of ether oxygens (including phenoxy) is 1. The fourth-order valence-corrected chi connectivity index (χ4v) is 4.30. The van der Waals surface area contributed by atoms with Crippen molar-refractivity contribution in [3.05, 3.63) is 53.5 Å². The van der Waals surface area contributed by atoms with E-state index in [2.05, 4.69) is 10.1 Å². The molecule has 0 radical (unpaired) electrons. The van der Waals surface area contributed by atoms with E-state index in [1.807, 2.05) is 0 Å². The standard InChI is InChI=1S/C16H17FN2O5S/c1-23-16(20)12-8-15(24-10-12)25(21,22)19-6-5-18-9-14(19)11-3-2-4-13(17)7-11/h2-4,7-8,10,14,18H,5-6,9H2,1H3. The minimum atomic E-state index is -4.00. The summed E-state index contributed by atoms with van der Waals surface area (Å²) in [7, 11) is -2.80. The van der Waals surface area contributed by atoms with Gasteiger partial charge in [-0.15, -0.1) is 0 Å². The van der Waals surface area contributed by atoms with Gasteiger partial charge in [0.25, 0.3) is 10.0 Å².